The zero-order valence-corrected chi connectivity index (χ0v) is 14.5. The molecule has 23 heavy (non-hydrogen) atoms. The molecule has 6 nitrogen and oxygen atoms in total. The molecule has 0 amide bonds. The van der Waals surface area contributed by atoms with Gasteiger partial charge in [-0.2, -0.15) is 14.9 Å². The lowest BCUT2D eigenvalue weighted by molar-refractivity contribution is 0.340. The molecule has 7 heteroatoms. The van der Waals surface area contributed by atoms with Gasteiger partial charge >= 0.3 is 0 Å². The average Bonchev–Trinajstić information content (AvgIpc) is 2.47. The van der Waals surface area contributed by atoms with E-state index in [1.54, 1.807) is 6.21 Å². The molecule has 0 aliphatic rings. The Morgan fingerprint density at radius 2 is 2.09 bits per heavy atom. The molecule has 1 heterocycles. The maximum Gasteiger partial charge on any atom is 0.297 e. The van der Waals surface area contributed by atoms with E-state index in [9.17, 15) is 4.79 Å². The summed E-state index contributed by atoms with van der Waals surface area (Å²) in [7, 11) is 0. The minimum absolute atomic E-state index is 0.146. The zero-order chi connectivity index (χ0) is 17.0. The summed E-state index contributed by atoms with van der Waals surface area (Å²) in [4.78, 5) is 12.5. The van der Waals surface area contributed by atoms with Crippen molar-refractivity contribution in [2.45, 2.75) is 33.1 Å². The van der Waals surface area contributed by atoms with Crippen LogP contribution in [0.2, 0.25) is 0 Å². The molecule has 122 valence electrons. The Morgan fingerprint density at radius 3 is 2.74 bits per heavy atom. The van der Waals surface area contributed by atoms with Gasteiger partial charge in [0.05, 0.1) is 12.8 Å². The first-order valence-corrected chi connectivity index (χ1v) is 7.74. The minimum Gasteiger partial charge on any atom is -0.493 e. The summed E-state index contributed by atoms with van der Waals surface area (Å²) in [5, 5.41) is 10.9. The second-order valence-electron chi connectivity index (χ2n) is 5.96. The normalized spacial score (nSPS) is 11.8. The number of hydrogen-bond acceptors (Lipinski definition) is 5. The minimum atomic E-state index is -0.406. The molecule has 0 aliphatic carbocycles. The van der Waals surface area contributed by atoms with Gasteiger partial charge in [-0.25, -0.2) is 0 Å². The first kappa shape index (κ1) is 17.1. The van der Waals surface area contributed by atoms with Crippen molar-refractivity contribution >= 4 is 18.4 Å². The third kappa shape index (κ3) is 3.92. The lowest BCUT2D eigenvalue weighted by Gasteiger charge is -2.16. The quantitative estimate of drug-likeness (QED) is 0.690. The van der Waals surface area contributed by atoms with Crippen LogP contribution in [0.4, 0.5) is 0 Å². The van der Waals surface area contributed by atoms with Gasteiger partial charge in [0.25, 0.3) is 5.56 Å². The van der Waals surface area contributed by atoms with Gasteiger partial charge < -0.3 is 4.74 Å². The number of nitrogens with zero attached hydrogens (tertiary/aromatic N) is 3. The van der Waals surface area contributed by atoms with Crippen LogP contribution >= 0.6 is 12.2 Å². The van der Waals surface area contributed by atoms with Crippen LogP contribution in [0.5, 0.6) is 5.75 Å². The van der Waals surface area contributed by atoms with E-state index in [-0.39, 0.29) is 10.3 Å². The molecule has 1 aromatic carbocycles. The number of H-pyrrole nitrogens is 1. The van der Waals surface area contributed by atoms with E-state index in [2.05, 4.69) is 15.3 Å². The molecule has 0 unspecified atom stereocenters. The van der Waals surface area contributed by atoms with E-state index >= 15 is 0 Å². The van der Waals surface area contributed by atoms with Crippen molar-refractivity contribution < 1.29 is 4.74 Å². The number of nitrogens with one attached hydrogen (secondary N) is 1. The maximum absolute atomic E-state index is 12.5. The highest BCUT2D eigenvalue weighted by atomic mass is 32.1. The first-order valence-electron chi connectivity index (χ1n) is 7.33. The summed E-state index contributed by atoms with van der Waals surface area (Å²) in [6.07, 6.45) is 1.56. The molecule has 0 bridgehead atoms. The van der Waals surface area contributed by atoms with Crippen molar-refractivity contribution in [2.75, 3.05) is 6.61 Å². The molecule has 0 saturated carbocycles. The predicted molar refractivity (Wildman–Crippen MR) is 93.0 cm³/mol. The lowest BCUT2D eigenvalue weighted by Crippen LogP contribution is -2.32. The van der Waals surface area contributed by atoms with Gasteiger partial charge in [0.15, 0.2) is 0 Å². The van der Waals surface area contributed by atoms with Crippen molar-refractivity contribution in [3.63, 3.8) is 0 Å². The van der Waals surface area contributed by atoms with Gasteiger partial charge in [-0.15, -0.1) is 0 Å². The fourth-order valence-electron chi connectivity index (χ4n) is 1.98. The Bertz CT molecular complexity index is 831. The summed E-state index contributed by atoms with van der Waals surface area (Å²) in [5.74, 6) is 0.701. The molecule has 1 N–H and O–H groups in total. The predicted octanol–water partition coefficient (Wildman–Crippen LogP) is 2.88. The lowest BCUT2D eigenvalue weighted by atomic mass is 9.93. The summed E-state index contributed by atoms with van der Waals surface area (Å²) in [6.45, 7) is 8.19. The molecule has 0 saturated heterocycles. The third-order valence-electron chi connectivity index (χ3n) is 3.09. The molecule has 0 atom stereocenters. The largest absolute Gasteiger partial charge is 0.493 e. The smallest absolute Gasteiger partial charge is 0.297 e. The summed E-state index contributed by atoms with van der Waals surface area (Å²) in [6, 6.07) is 7.46. The number of benzene rings is 1. The van der Waals surface area contributed by atoms with Crippen molar-refractivity contribution in [1.82, 2.24) is 14.9 Å². The number of rotatable bonds is 4. The Balaban J connectivity index is 2.49. The van der Waals surface area contributed by atoms with Crippen LogP contribution < -0.4 is 10.3 Å². The highest BCUT2D eigenvalue weighted by molar-refractivity contribution is 7.71. The van der Waals surface area contributed by atoms with Crippen LogP contribution in [0.1, 0.15) is 39.0 Å². The second-order valence-corrected chi connectivity index (χ2v) is 6.35. The van der Waals surface area contributed by atoms with Gasteiger partial charge in [-0.1, -0.05) is 32.9 Å². The highest BCUT2D eigenvalue weighted by Gasteiger charge is 2.21. The Kier molecular flexibility index (Phi) is 5.10. The molecule has 1 aromatic heterocycles. The van der Waals surface area contributed by atoms with Crippen molar-refractivity contribution in [3.05, 3.63) is 50.6 Å². The molecule has 2 rings (SSSR count). The number of para-hydroxylation sites is 1. The number of aromatic amines is 1. The van der Waals surface area contributed by atoms with Gasteiger partial charge in [0.1, 0.15) is 11.4 Å². The molecule has 0 aliphatic heterocycles. The van der Waals surface area contributed by atoms with Gasteiger partial charge in [0.2, 0.25) is 4.77 Å². The van der Waals surface area contributed by atoms with E-state index in [4.69, 9.17) is 17.0 Å². The third-order valence-corrected chi connectivity index (χ3v) is 3.36. The number of hydrogen-bond donors (Lipinski definition) is 1. The fourth-order valence-corrected chi connectivity index (χ4v) is 2.15. The van der Waals surface area contributed by atoms with Gasteiger partial charge in [-0.3, -0.25) is 9.89 Å². The van der Waals surface area contributed by atoms with Crippen LogP contribution in [0.15, 0.2) is 34.2 Å². The van der Waals surface area contributed by atoms with Crippen LogP contribution in [0, 0.1) is 4.77 Å². The molecule has 0 fully saturated rings. The number of ether oxygens (including phenoxy) is 1. The molecule has 0 spiro atoms. The van der Waals surface area contributed by atoms with E-state index in [0.717, 1.165) is 10.2 Å². The summed E-state index contributed by atoms with van der Waals surface area (Å²) in [5.41, 5.74) is 0.411. The van der Waals surface area contributed by atoms with Crippen LogP contribution in [0.25, 0.3) is 0 Å². The van der Waals surface area contributed by atoms with Crippen LogP contribution in [-0.2, 0) is 5.41 Å². The van der Waals surface area contributed by atoms with Gasteiger partial charge in [0, 0.05) is 11.0 Å². The Hall–Kier alpha value is -2.28. The van der Waals surface area contributed by atoms with Crippen molar-refractivity contribution in [1.29, 1.82) is 0 Å². The maximum atomic E-state index is 12.5. The molecule has 0 radical (unpaired) electrons. The monoisotopic (exact) mass is 332 g/mol. The Labute approximate surface area is 139 Å². The topological polar surface area (TPSA) is 72.3 Å². The standard InChI is InChI=1S/C16H20N4O2S/c1-5-22-12-9-7-6-8-11(12)10-17-20-14(21)13(16(2,3)4)18-19-15(20)23/h6-10H,5H2,1-4H3,(H,19,23)/b17-10-. The number of aromatic nitrogens is 3. The zero-order valence-electron chi connectivity index (χ0n) is 13.7. The van der Waals surface area contributed by atoms with Crippen LogP contribution in [-0.4, -0.2) is 27.7 Å². The fraction of sp³-hybridized carbons (Fsp3) is 0.375. The molecule has 2 aromatic rings. The van der Waals surface area contributed by atoms with E-state index < -0.39 is 5.41 Å². The van der Waals surface area contributed by atoms with E-state index in [1.807, 2.05) is 52.0 Å². The average molecular weight is 332 g/mol. The van der Waals surface area contributed by atoms with E-state index in [0.29, 0.717) is 18.1 Å². The van der Waals surface area contributed by atoms with Crippen LogP contribution in [0.3, 0.4) is 0 Å². The molecular weight excluding hydrogens is 312 g/mol. The SMILES string of the molecule is CCOc1ccccc1/C=N\n1c(=S)[nH]nc(C(C)(C)C)c1=O. The molecular formula is C16H20N4O2S. The van der Waals surface area contributed by atoms with Crippen molar-refractivity contribution in [2.24, 2.45) is 5.10 Å². The Morgan fingerprint density at radius 1 is 1.39 bits per heavy atom. The highest BCUT2D eigenvalue weighted by Crippen LogP contribution is 2.16. The van der Waals surface area contributed by atoms with Gasteiger partial charge in [-0.05, 0) is 31.3 Å². The summed E-state index contributed by atoms with van der Waals surface area (Å²) >= 11 is 5.12. The summed E-state index contributed by atoms with van der Waals surface area (Å²) < 4.78 is 6.83. The van der Waals surface area contributed by atoms with E-state index in [1.165, 1.54) is 0 Å². The van der Waals surface area contributed by atoms with Crippen molar-refractivity contribution in [3.8, 4) is 5.75 Å². The second kappa shape index (κ2) is 6.87. The first-order chi connectivity index (χ1) is 10.8.